The Bertz CT molecular complexity index is 299. The summed E-state index contributed by atoms with van der Waals surface area (Å²) in [6.45, 7) is 4.30. The monoisotopic (exact) mass is 209 g/mol. The number of nitrogens with zero attached hydrogens (tertiary/aromatic N) is 1. The number of hydrogen-bond donors (Lipinski definition) is 1. The van der Waals surface area contributed by atoms with Crippen molar-refractivity contribution in [3.8, 4) is 5.75 Å². The Balaban J connectivity index is 2.60. The first kappa shape index (κ1) is 12.0. The number of rotatable bonds is 5. The molecule has 0 aliphatic carbocycles. The molecule has 0 amide bonds. The van der Waals surface area contributed by atoms with E-state index < -0.39 is 6.10 Å². The van der Waals surface area contributed by atoms with Crippen LogP contribution in [0.3, 0.4) is 0 Å². The second kappa shape index (κ2) is 5.71. The zero-order valence-electron chi connectivity index (χ0n) is 9.60. The molecule has 1 aromatic heterocycles. The zero-order valence-corrected chi connectivity index (χ0v) is 9.60. The molecular formula is C12H19NO2. The van der Waals surface area contributed by atoms with E-state index in [1.165, 1.54) is 0 Å². The van der Waals surface area contributed by atoms with Crippen LogP contribution in [0.5, 0.6) is 5.75 Å². The average molecular weight is 209 g/mol. The van der Waals surface area contributed by atoms with Gasteiger partial charge < -0.3 is 9.84 Å². The Hall–Kier alpha value is -1.09. The molecule has 1 N–H and O–H groups in total. The molecular weight excluding hydrogens is 190 g/mol. The summed E-state index contributed by atoms with van der Waals surface area (Å²) in [6, 6.07) is 1.83. The van der Waals surface area contributed by atoms with Crippen molar-refractivity contribution in [3.05, 3.63) is 24.0 Å². The van der Waals surface area contributed by atoms with E-state index in [1.807, 2.05) is 6.07 Å². The Morgan fingerprint density at radius 3 is 2.67 bits per heavy atom. The van der Waals surface area contributed by atoms with Crippen LogP contribution in [-0.4, -0.2) is 17.2 Å². The summed E-state index contributed by atoms with van der Waals surface area (Å²) in [5.41, 5.74) is 0.829. The molecule has 0 fully saturated rings. The van der Waals surface area contributed by atoms with E-state index in [2.05, 4.69) is 18.8 Å². The third-order valence-corrected chi connectivity index (χ3v) is 2.37. The van der Waals surface area contributed by atoms with Gasteiger partial charge in [0.2, 0.25) is 0 Å². The highest BCUT2D eigenvalue weighted by Crippen LogP contribution is 2.22. The van der Waals surface area contributed by atoms with Crippen LogP contribution >= 0.6 is 0 Å². The van der Waals surface area contributed by atoms with Gasteiger partial charge in [-0.3, -0.25) is 4.98 Å². The van der Waals surface area contributed by atoms with Crippen molar-refractivity contribution in [2.45, 2.75) is 32.8 Å². The van der Waals surface area contributed by atoms with Crippen LogP contribution in [0.25, 0.3) is 0 Å². The van der Waals surface area contributed by atoms with Gasteiger partial charge in [-0.15, -0.1) is 0 Å². The lowest BCUT2D eigenvalue weighted by molar-refractivity contribution is 0.158. The number of ether oxygens (including phenoxy) is 1. The molecule has 1 aromatic rings. The molecule has 3 nitrogen and oxygen atoms in total. The molecule has 0 aliphatic heterocycles. The predicted octanol–water partition coefficient (Wildman–Crippen LogP) is 2.56. The SMILES string of the molecule is COc1cncc(C(O)CCC(C)C)c1. The summed E-state index contributed by atoms with van der Waals surface area (Å²) < 4.78 is 5.06. The molecule has 1 heterocycles. The van der Waals surface area contributed by atoms with Crippen molar-refractivity contribution in [2.75, 3.05) is 7.11 Å². The van der Waals surface area contributed by atoms with Crippen LogP contribution in [-0.2, 0) is 0 Å². The highest BCUT2D eigenvalue weighted by Gasteiger charge is 2.09. The lowest BCUT2D eigenvalue weighted by atomic mass is 10.0. The van der Waals surface area contributed by atoms with Crippen molar-refractivity contribution in [1.29, 1.82) is 0 Å². The lowest BCUT2D eigenvalue weighted by Crippen LogP contribution is -2.01. The molecule has 15 heavy (non-hydrogen) atoms. The Morgan fingerprint density at radius 2 is 2.07 bits per heavy atom. The molecule has 1 atom stereocenters. The van der Waals surface area contributed by atoms with Crippen LogP contribution in [0.4, 0.5) is 0 Å². The topological polar surface area (TPSA) is 42.4 Å². The van der Waals surface area contributed by atoms with E-state index >= 15 is 0 Å². The molecule has 3 heteroatoms. The van der Waals surface area contributed by atoms with Gasteiger partial charge in [0.15, 0.2) is 0 Å². The molecule has 0 bridgehead atoms. The Labute approximate surface area is 91.1 Å². The molecule has 0 radical (unpaired) electrons. The van der Waals surface area contributed by atoms with Crippen molar-refractivity contribution in [2.24, 2.45) is 5.92 Å². The second-order valence-electron chi connectivity index (χ2n) is 4.15. The van der Waals surface area contributed by atoms with Gasteiger partial charge in [0, 0.05) is 11.8 Å². The number of aliphatic hydroxyl groups excluding tert-OH is 1. The minimum absolute atomic E-state index is 0.435. The first-order valence-corrected chi connectivity index (χ1v) is 5.30. The third kappa shape index (κ3) is 3.88. The van der Waals surface area contributed by atoms with Crippen LogP contribution in [0.2, 0.25) is 0 Å². The molecule has 1 rings (SSSR count). The maximum Gasteiger partial charge on any atom is 0.137 e. The summed E-state index contributed by atoms with van der Waals surface area (Å²) in [6.07, 6.45) is 4.67. The van der Waals surface area contributed by atoms with Gasteiger partial charge in [0.25, 0.3) is 0 Å². The smallest absolute Gasteiger partial charge is 0.137 e. The maximum atomic E-state index is 9.89. The molecule has 0 saturated heterocycles. The van der Waals surface area contributed by atoms with Crippen LogP contribution in [0, 0.1) is 5.92 Å². The summed E-state index contributed by atoms with van der Waals surface area (Å²) in [5, 5.41) is 9.89. The molecule has 0 aromatic carbocycles. The quantitative estimate of drug-likeness (QED) is 0.810. The summed E-state index contributed by atoms with van der Waals surface area (Å²) in [7, 11) is 1.60. The van der Waals surface area contributed by atoms with Crippen LogP contribution in [0.1, 0.15) is 38.4 Å². The standard InChI is InChI=1S/C12H19NO2/c1-9(2)4-5-12(14)10-6-11(15-3)8-13-7-10/h6-9,12,14H,4-5H2,1-3H3. The van der Waals surface area contributed by atoms with Crippen LogP contribution < -0.4 is 4.74 Å². The molecule has 1 unspecified atom stereocenters. The van der Waals surface area contributed by atoms with E-state index in [0.29, 0.717) is 11.7 Å². The van der Waals surface area contributed by atoms with E-state index in [1.54, 1.807) is 19.5 Å². The second-order valence-corrected chi connectivity index (χ2v) is 4.15. The Kier molecular flexibility index (Phi) is 4.56. The number of aliphatic hydroxyl groups is 1. The first-order chi connectivity index (χ1) is 7.13. The van der Waals surface area contributed by atoms with E-state index in [9.17, 15) is 5.11 Å². The molecule has 0 spiro atoms. The fourth-order valence-corrected chi connectivity index (χ4v) is 1.39. The number of pyridine rings is 1. The predicted molar refractivity (Wildman–Crippen MR) is 59.8 cm³/mol. The van der Waals surface area contributed by atoms with Crippen molar-refractivity contribution >= 4 is 0 Å². The minimum atomic E-state index is -0.435. The van der Waals surface area contributed by atoms with Gasteiger partial charge in [-0.2, -0.15) is 0 Å². The van der Waals surface area contributed by atoms with Crippen molar-refractivity contribution < 1.29 is 9.84 Å². The number of aromatic nitrogens is 1. The van der Waals surface area contributed by atoms with Crippen molar-refractivity contribution in [1.82, 2.24) is 4.98 Å². The zero-order chi connectivity index (χ0) is 11.3. The fourth-order valence-electron chi connectivity index (χ4n) is 1.39. The molecule has 0 saturated carbocycles. The van der Waals surface area contributed by atoms with E-state index in [0.717, 1.165) is 18.4 Å². The minimum Gasteiger partial charge on any atom is -0.495 e. The lowest BCUT2D eigenvalue weighted by Gasteiger charge is -2.12. The van der Waals surface area contributed by atoms with Gasteiger partial charge in [0.1, 0.15) is 5.75 Å². The largest absolute Gasteiger partial charge is 0.495 e. The van der Waals surface area contributed by atoms with Gasteiger partial charge in [0.05, 0.1) is 19.4 Å². The summed E-state index contributed by atoms with van der Waals surface area (Å²) in [4.78, 5) is 4.02. The van der Waals surface area contributed by atoms with Gasteiger partial charge in [-0.05, 0) is 24.8 Å². The third-order valence-electron chi connectivity index (χ3n) is 2.37. The number of hydrogen-bond acceptors (Lipinski definition) is 3. The van der Waals surface area contributed by atoms with Crippen molar-refractivity contribution in [3.63, 3.8) is 0 Å². The maximum absolute atomic E-state index is 9.89. The highest BCUT2D eigenvalue weighted by molar-refractivity contribution is 5.24. The molecule has 84 valence electrons. The average Bonchev–Trinajstić information content (AvgIpc) is 2.26. The summed E-state index contributed by atoms with van der Waals surface area (Å²) in [5.74, 6) is 1.30. The first-order valence-electron chi connectivity index (χ1n) is 5.30. The number of methoxy groups -OCH3 is 1. The highest BCUT2D eigenvalue weighted by atomic mass is 16.5. The van der Waals surface area contributed by atoms with Gasteiger partial charge in [-0.25, -0.2) is 0 Å². The summed E-state index contributed by atoms with van der Waals surface area (Å²) >= 11 is 0. The van der Waals surface area contributed by atoms with E-state index in [4.69, 9.17) is 4.74 Å². The van der Waals surface area contributed by atoms with Gasteiger partial charge >= 0.3 is 0 Å². The Morgan fingerprint density at radius 1 is 1.33 bits per heavy atom. The fraction of sp³-hybridized carbons (Fsp3) is 0.583. The van der Waals surface area contributed by atoms with E-state index in [-0.39, 0.29) is 0 Å². The van der Waals surface area contributed by atoms with Gasteiger partial charge in [-0.1, -0.05) is 13.8 Å². The molecule has 0 aliphatic rings. The normalized spacial score (nSPS) is 12.9. The van der Waals surface area contributed by atoms with Crippen LogP contribution in [0.15, 0.2) is 18.5 Å².